The first kappa shape index (κ1) is 27.5. The zero-order valence-corrected chi connectivity index (χ0v) is 24.3. The maximum Gasteiger partial charge on any atom is 0.342 e. The normalized spacial score (nSPS) is 12.8. The van der Waals surface area contributed by atoms with Crippen molar-refractivity contribution in [1.82, 2.24) is 19.4 Å². The van der Waals surface area contributed by atoms with E-state index in [0.29, 0.717) is 22.9 Å². The van der Waals surface area contributed by atoms with E-state index in [0.717, 1.165) is 60.4 Å². The van der Waals surface area contributed by atoms with Gasteiger partial charge in [0.2, 0.25) is 5.95 Å². The third-order valence-corrected chi connectivity index (χ3v) is 7.35. The Morgan fingerprint density at radius 3 is 2.75 bits per heavy atom. The summed E-state index contributed by atoms with van der Waals surface area (Å²) in [5.74, 6) is -0.0479. The molecule has 1 aliphatic rings. The largest absolute Gasteiger partial charge is 0.459 e. The van der Waals surface area contributed by atoms with E-state index in [1.807, 2.05) is 33.9 Å². The van der Waals surface area contributed by atoms with Crippen LogP contribution < -0.4 is 16.0 Å². The molecule has 210 valence electrons. The SMILES string of the molecule is Cc1cc(N(C)CCN(C)C)c(N)cc1Nc1ncc(C(=O)OC(C)C)c(-c2cn3c4c(cccc24)CCC3)n1. The molecule has 9 heteroatoms. The molecule has 0 unspecified atom stereocenters. The van der Waals surface area contributed by atoms with Crippen LogP contribution in [0, 0.1) is 6.92 Å². The number of nitrogens with one attached hydrogen (secondary N) is 1. The molecule has 0 atom stereocenters. The summed E-state index contributed by atoms with van der Waals surface area (Å²) in [6.45, 7) is 8.43. The Kier molecular flexibility index (Phi) is 7.67. The van der Waals surface area contributed by atoms with Crippen LogP contribution in [0.1, 0.15) is 41.8 Å². The first-order valence-corrected chi connectivity index (χ1v) is 13.8. The van der Waals surface area contributed by atoms with Gasteiger partial charge in [-0.2, -0.15) is 0 Å². The number of anilines is 4. The molecule has 3 N–H and O–H groups in total. The summed E-state index contributed by atoms with van der Waals surface area (Å²) in [7, 11) is 6.16. The number of carbonyl (C=O) groups is 1. The number of carbonyl (C=O) groups excluding carboxylic acids is 1. The number of aromatic nitrogens is 3. The highest BCUT2D eigenvalue weighted by Crippen LogP contribution is 2.37. The molecule has 0 saturated heterocycles. The van der Waals surface area contributed by atoms with E-state index in [1.165, 1.54) is 11.1 Å². The van der Waals surface area contributed by atoms with Gasteiger partial charge in [-0.05, 0) is 71.0 Å². The molecule has 4 aromatic rings. The highest BCUT2D eigenvalue weighted by Gasteiger charge is 2.24. The lowest BCUT2D eigenvalue weighted by molar-refractivity contribution is 0.0378. The number of hydrogen-bond acceptors (Lipinski definition) is 8. The first-order valence-electron chi connectivity index (χ1n) is 13.8. The molecule has 3 heterocycles. The lowest BCUT2D eigenvalue weighted by atomic mass is 10.0. The minimum Gasteiger partial charge on any atom is -0.459 e. The molecule has 40 heavy (non-hydrogen) atoms. The molecule has 0 aliphatic carbocycles. The second kappa shape index (κ2) is 11.2. The van der Waals surface area contributed by atoms with Gasteiger partial charge in [-0.25, -0.2) is 14.8 Å². The van der Waals surface area contributed by atoms with Gasteiger partial charge >= 0.3 is 5.97 Å². The lowest BCUT2D eigenvalue weighted by Crippen LogP contribution is -2.29. The average molecular weight is 542 g/mol. The van der Waals surface area contributed by atoms with Crippen LogP contribution in [-0.4, -0.2) is 65.7 Å². The van der Waals surface area contributed by atoms with Crippen LogP contribution in [0.4, 0.5) is 23.0 Å². The first-order chi connectivity index (χ1) is 19.1. The summed E-state index contributed by atoms with van der Waals surface area (Å²) in [5, 5.41) is 4.43. The molecule has 0 saturated carbocycles. The molecule has 1 aliphatic heterocycles. The monoisotopic (exact) mass is 541 g/mol. The smallest absolute Gasteiger partial charge is 0.342 e. The van der Waals surface area contributed by atoms with E-state index >= 15 is 0 Å². The number of nitrogen functional groups attached to an aromatic ring is 1. The molecule has 0 fully saturated rings. The van der Waals surface area contributed by atoms with E-state index in [2.05, 4.69) is 69.2 Å². The van der Waals surface area contributed by atoms with E-state index in [4.69, 9.17) is 15.5 Å². The van der Waals surface area contributed by atoms with Crippen molar-refractivity contribution >= 4 is 39.9 Å². The van der Waals surface area contributed by atoms with Gasteiger partial charge in [0, 0.05) is 55.7 Å². The Hall–Kier alpha value is -4.11. The maximum atomic E-state index is 13.2. The number of esters is 1. The number of rotatable bonds is 9. The third-order valence-electron chi connectivity index (χ3n) is 7.35. The minimum absolute atomic E-state index is 0.256. The number of nitrogens with two attached hydrogens (primary N) is 1. The van der Waals surface area contributed by atoms with Crippen molar-refractivity contribution < 1.29 is 9.53 Å². The number of ether oxygens (including phenoxy) is 1. The molecule has 9 nitrogen and oxygen atoms in total. The Bertz CT molecular complexity index is 1560. The number of likely N-dealkylation sites (N-methyl/N-ethyl adjacent to an activating group) is 2. The maximum absolute atomic E-state index is 13.2. The van der Waals surface area contributed by atoms with E-state index in [9.17, 15) is 4.79 Å². The Morgan fingerprint density at radius 2 is 2.00 bits per heavy atom. The molecule has 0 spiro atoms. The number of nitrogens with zero attached hydrogens (tertiary/aromatic N) is 5. The molecule has 0 radical (unpaired) electrons. The van der Waals surface area contributed by atoms with Gasteiger partial charge in [0.25, 0.3) is 0 Å². The molecule has 2 aromatic heterocycles. The van der Waals surface area contributed by atoms with Crippen LogP contribution >= 0.6 is 0 Å². The molecular weight excluding hydrogens is 502 g/mol. The van der Waals surface area contributed by atoms with Gasteiger partial charge in [0.1, 0.15) is 5.56 Å². The summed E-state index contributed by atoms with van der Waals surface area (Å²) >= 11 is 0. The van der Waals surface area contributed by atoms with Gasteiger partial charge in [-0.3, -0.25) is 0 Å². The van der Waals surface area contributed by atoms with Gasteiger partial charge in [0.05, 0.1) is 28.7 Å². The average Bonchev–Trinajstić information content (AvgIpc) is 3.29. The highest BCUT2D eigenvalue weighted by atomic mass is 16.5. The van der Waals surface area contributed by atoms with Gasteiger partial charge < -0.3 is 30.2 Å². The van der Waals surface area contributed by atoms with Crippen LogP contribution in [0.2, 0.25) is 0 Å². The quantitative estimate of drug-likeness (QED) is 0.219. The van der Waals surface area contributed by atoms with Crippen molar-refractivity contribution in [2.45, 2.75) is 46.3 Å². The van der Waals surface area contributed by atoms with Crippen LogP contribution in [0.15, 0.2) is 42.7 Å². The summed E-state index contributed by atoms with van der Waals surface area (Å²) in [6.07, 6.45) is 5.53. The number of para-hydroxylation sites is 1. The Balaban J connectivity index is 1.54. The van der Waals surface area contributed by atoms with E-state index in [1.54, 1.807) is 6.20 Å². The highest BCUT2D eigenvalue weighted by molar-refractivity contribution is 6.03. The molecule has 2 aromatic carbocycles. The van der Waals surface area contributed by atoms with E-state index < -0.39 is 5.97 Å². The van der Waals surface area contributed by atoms with Gasteiger partial charge in [0.15, 0.2) is 0 Å². The lowest BCUT2D eigenvalue weighted by Gasteiger charge is -2.24. The number of benzene rings is 2. The van der Waals surface area contributed by atoms with Crippen LogP contribution in [0.3, 0.4) is 0 Å². The molecule has 0 bridgehead atoms. The topological polar surface area (TPSA) is 102 Å². The Morgan fingerprint density at radius 1 is 1.20 bits per heavy atom. The molecule has 0 amide bonds. The van der Waals surface area contributed by atoms with Crippen molar-refractivity contribution in [3.8, 4) is 11.3 Å². The molecular formula is C31H39N7O2. The summed E-state index contributed by atoms with van der Waals surface area (Å²) in [4.78, 5) is 26.9. The van der Waals surface area contributed by atoms with Crippen molar-refractivity contribution in [1.29, 1.82) is 0 Å². The second-order valence-corrected chi connectivity index (χ2v) is 11.1. The summed E-state index contributed by atoms with van der Waals surface area (Å²) < 4.78 is 7.84. The molecule has 5 rings (SSSR count). The van der Waals surface area contributed by atoms with E-state index in [-0.39, 0.29) is 6.10 Å². The van der Waals surface area contributed by atoms with Crippen molar-refractivity contribution in [2.75, 3.05) is 50.2 Å². The third kappa shape index (κ3) is 5.47. The van der Waals surface area contributed by atoms with Crippen LogP contribution in [0.25, 0.3) is 22.2 Å². The van der Waals surface area contributed by atoms with Crippen molar-refractivity contribution in [3.05, 3.63) is 59.4 Å². The summed E-state index contributed by atoms with van der Waals surface area (Å²) in [6, 6.07) is 10.3. The standard InChI is InChI=1S/C31H39N7O2/c1-19(2)40-30(39)23-17-33-31(34-26-16-25(32)27(15-20(26)3)37(6)14-13-36(4)5)35-28(23)24-18-38-12-8-10-21-9-7-11-22(24)29(21)38/h7,9,11,15-19H,8,10,12-14,32H2,1-6H3,(H,33,34,35). The fourth-order valence-electron chi connectivity index (χ4n) is 5.28. The zero-order chi connectivity index (χ0) is 28.6. The zero-order valence-electron chi connectivity index (χ0n) is 24.3. The van der Waals surface area contributed by atoms with Gasteiger partial charge in [-0.1, -0.05) is 18.2 Å². The predicted molar refractivity (Wildman–Crippen MR) is 163 cm³/mol. The second-order valence-electron chi connectivity index (χ2n) is 11.1. The van der Waals surface area contributed by atoms with Crippen molar-refractivity contribution in [3.63, 3.8) is 0 Å². The predicted octanol–water partition coefficient (Wildman–Crippen LogP) is 5.24. The Labute approximate surface area is 236 Å². The van der Waals surface area contributed by atoms with Crippen molar-refractivity contribution in [2.24, 2.45) is 0 Å². The fraction of sp³-hybridized carbons (Fsp3) is 0.387. The minimum atomic E-state index is -0.436. The number of hydrogen-bond donors (Lipinski definition) is 2. The fourth-order valence-corrected chi connectivity index (χ4v) is 5.28. The summed E-state index contributed by atoms with van der Waals surface area (Å²) in [5.41, 5.74) is 14.3. The number of aryl methyl sites for hydroxylation is 3. The van der Waals surface area contributed by atoms with Crippen LogP contribution in [-0.2, 0) is 17.7 Å². The van der Waals surface area contributed by atoms with Gasteiger partial charge in [-0.15, -0.1) is 0 Å². The van der Waals surface area contributed by atoms with Crippen LogP contribution in [0.5, 0.6) is 0 Å².